The topological polar surface area (TPSA) is 84.9 Å². The van der Waals surface area contributed by atoms with E-state index in [1.54, 1.807) is 13.0 Å². The minimum Gasteiger partial charge on any atom is -0.267 e. The number of benzene rings is 1. The molecule has 1 aliphatic heterocycles. The number of nitro groups is 1. The van der Waals surface area contributed by atoms with Gasteiger partial charge in [0, 0.05) is 22.9 Å². The first-order valence-corrected chi connectivity index (χ1v) is 7.45. The van der Waals surface area contributed by atoms with Crippen LogP contribution in [0.3, 0.4) is 0 Å². The summed E-state index contributed by atoms with van der Waals surface area (Å²) in [6.07, 6.45) is 9.42. The van der Waals surface area contributed by atoms with Crippen LogP contribution in [0.25, 0.3) is 0 Å². The summed E-state index contributed by atoms with van der Waals surface area (Å²) >= 11 is 0. The van der Waals surface area contributed by atoms with Gasteiger partial charge in [0.2, 0.25) is 0 Å². The summed E-state index contributed by atoms with van der Waals surface area (Å²) in [5.74, 6) is -0.557. The quantitative estimate of drug-likeness (QED) is 0.616. The van der Waals surface area contributed by atoms with Crippen molar-refractivity contribution in [3.05, 3.63) is 75.5 Å². The van der Waals surface area contributed by atoms with E-state index in [-0.39, 0.29) is 11.6 Å². The Balaban J connectivity index is 1.94. The molecule has 6 heteroatoms. The second-order valence-electron chi connectivity index (χ2n) is 5.64. The maximum atomic E-state index is 12.5. The van der Waals surface area contributed by atoms with E-state index in [4.69, 9.17) is 0 Å². The molecule has 0 spiro atoms. The minimum atomic E-state index is -0.468. The van der Waals surface area contributed by atoms with E-state index in [1.165, 1.54) is 18.2 Å². The van der Waals surface area contributed by atoms with Gasteiger partial charge in [0.1, 0.15) is 0 Å². The third-order valence-electron chi connectivity index (χ3n) is 3.85. The molecule has 1 unspecified atom stereocenters. The van der Waals surface area contributed by atoms with Crippen molar-refractivity contribution in [2.75, 3.05) is 0 Å². The van der Waals surface area contributed by atoms with Crippen molar-refractivity contribution < 1.29 is 9.72 Å². The fourth-order valence-electron chi connectivity index (χ4n) is 2.71. The lowest BCUT2D eigenvalue weighted by atomic mass is 9.90. The number of rotatable bonds is 2. The van der Waals surface area contributed by atoms with Crippen LogP contribution in [0.5, 0.6) is 0 Å². The molecule has 1 aromatic carbocycles. The Bertz CT molecular complexity index is 889. The normalized spacial score (nSPS) is 20.4. The van der Waals surface area contributed by atoms with E-state index in [9.17, 15) is 14.9 Å². The summed E-state index contributed by atoms with van der Waals surface area (Å²) in [6.45, 7) is 3.46. The highest BCUT2D eigenvalue weighted by molar-refractivity contribution is 6.23. The van der Waals surface area contributed by atoms with Crippen molar-refractivity contribution in [1.82, 2.24) is 0 Å². The zero-order valence-electron chi connectivity index (χ0n) is 13.3. The SMILES string of the molecule is CC1=CC(=NC(=O)c2ccc([N+](=O)[O-])c(C)c2)C2C=CC=CC2=N1. The third-order valence-corrected chi connectivity index (χ3v) is 3.85. The Kier molecular flexibility index (Phi) is 4.04. The molecule has 1 aliphatic carbocycles. The van der Waals surface area contributed by atoms with Gasteiger partial charge in [-0.25, -0.2) is 4.99 Å². The van der Waals surface area contributed by atoms with Gasteiger partial charge in [-0.1, -0.05) is 18.2 Å². The zero-order valence-corrected chi connectivity index (χ0v) is 13.3. The van der Waals surface area contributed by atoms with Crippen molar-refractivity contribution in [1.29, 1.82) is 0 Å². The van der Waals surface area contributed by atoms with Gasteiger partial charge in [0.05, 0.1) is 22.3 Å². The molecule has 0 N–H and O–H groups in total. The van der Waals surface area contributed by atoms with Gasteiger partial charge in [0.15, 0.2) is 0 Å². The van der Waals surface area contributed by atoms with Gasteiger partial charge in [0.25, 0.3) is 11.6 Å². The maximum absolute atomic E-state index is 12.5. The Hall–Kier alpha value is -3.15. The molecule has 120 valence electrons. The number of hydrogen-bond acceptors (Lipinski definition) is 4. The predicted octanol–water partition coefficient (Wildman–Crippen LogP) is 3.59. The van der Waals surface area contributed by atoms with Crippen LogP contribution < -0.4 is 0 Å². The van der Waals surface area contributed by atoms with Gasteiger partial charge >= 0.3 is 0 Å². The van der Waals surface area contributed by atoms with Gasteiger partial charge < -0.3 is 0 Å². The Morgan fingerprint density at radius 1 is 1.29 bits per heavy atom. The van der Waals surface area contributed by atoms with Crippen LogP contribution >= 0.6 is 0 Å². The van der Waals surface area contributed by atoms with E-state index in [2.05, 4.69) is 9.98 Å². The van der Waals surface area contributed by atoms with Gasteiger partial charge in [-0.05, 0) is 38.1 Å². The fraction of sp³-hybridized carbons (Fsp3) is 0.167. The van der Waals surface area contributed by atoms with Crippen molar-refractivity contribution in [3.8, 4) is 0 Å². The molecule has 6 nitrogen and oxygen atoms in total. The average molecular weight is 321 g/mol. The molecule has 1 heterocycles. The number of aryl methyl sites for hydroxylation is 1. The molecule has 0 bridgehead atoms. The second kappa shape index (κ2) is 6.16. The van der Waals surface area contributed by atoms with Gasteiger partial charge in [-0.3, -0.25) is 19.9 Å². The first kappa shape index (κ1) is 15.7. The van der Waals surface area contributed by atoms with Crippen molar-refractivity contribution >= 4 is 23.0 Å². The molecule has 1 atom stereocenters. The highest BCUT2D eigenvalue weighted by Gasteiger charge is 2.23. The summed E-state index contributed by atoms with van der Waals surface area (Å²) in [5, 5.41) is 10.9. The molecular weight excluding hydrogens is 306 g/mol. The summed E-state index contributed by atoms with van der Waals surface area (Å²) in [5.41, 5.74) is 3.01. The van der Waals surface area contributed by atoms with Gasteiger partial charge in [-0.15, -0.1) is 0 Å². The number of carbonyl (C=O) groups is 1. The number of hydrogen-bond donors (Lipinski definition) is 0. The average Bonchev–Trinajstić information content (AvgIpc) is 2.54. The maximum Gasteiger partial charge on any atom is 0.277 e. The first-order chi connectivity index (χ1) is 11.5. The lowest BCUT2D eigenvalue weighted by Crippen LogP contribution is -2.25. The highest BCUT2D eigenvalue weighted by atomic mass is 16.6. The minimum absolute atomic E-state index is 0.0117. The molecule has 0 aromatic heterocycles. The van der Waals surface area contributed by atoms with Crippen LogP contribution in [0, 0.1) is 23.0 Å². The van der Waals surface area contributed by atoms with E-state index >= 15 is 0 Å². The third kappa shape index (κ3) is 2.99. The number of amides is 1. The summed E-state index contributed by atoms with van der Waals surface area (Å²) in [4.78, 5) is 31.5. The number of carbonyl (C=O) groups excluding carboxylic acids is 1. The molecule has 0 saturated heterocycles. The van der Waals surface area contributed by atoms with E-state index < -0.39 is 10.8 Å². The monoisotopic (exact) mass is 321 g/mol. The summed E-state index contributed by atoms with van der Waals surface area (Å²) < 4.78 is 0. The molecule has 2 aliphatic rings. The molecule has 0 fully saturated rings. The first-order valence-electron chi connectivity index (χ1n) is 7.45. The Labute approximate surface area is 138 Å². The number of nitrogens with zero attached hydrogens (tertiary/aromatic N) is 3. The Morgan fingerprint density at radius 2 is 2.08 bits per heavy atom. The summed E-state index contributed by atoms with van der Waals surface area (Å²) in [7, 11) is 0. The van der Waals surface area contributed by atoms with Crippen LogP contribution in [0.2, 0.25) is 0 Å². The van der Waals surface area contributed by atoms with Gasteiger partial charge in [-0.2, -0.15) is 0 Å². The van der Waals surface area contributed by atoms with Crippen molar-refractivity contribution in [3.63, 3.8) is 0 Å². The number of aliphatic imine (C=N–C) groups is 2. The second-order valence-corrected chi connectivity index (χ2v) is 5.64. The number of fused-ring (bicyclic) bond motifs is 1. The zero-order chi connectivity index (χ0) is 17.3. The van der Waals surface area contributed by atoms with Crippen LogP contribution in [0.1, 0.15) is 22.8 Å². The molecule has 1 aromatic rings. The number of nitro benzene ring substituents is 1. The van der Waals surface area contributed by atoms with E-state index in [0.29, 0.717) is 16.8 Å². The molecule has 0 saturated carbocycles. The smallest absolute Gasteiger partial charge is 0.267 e. The largest absolute Gasteiger partial charge is 0.277 e. The molecule has 3 rings (SSSR count). The predicted molar refractivity (Wildman–Crippen MR) is 92.6 cm³/mol. The van der Waals surface area contributed by atoms with Crippen molar-refractivity contribution in [2.45, 2.75) is 13.8 Å². The summed E-state index contributed by atoms with van der Waals surface area (Å²) in [6, 6.07) is 4.26. The standard InChI is InChI=1S/C18H15N3O3/c1-11-9-13(7-8-17(11)21(23)24)18(22)20-16-10-12(2)19-15-6-4-3-5-14(15)16/h3-10,14H,1-2H3. The fourth-order valence-corrected chi connectivity index (χ4v) is 2.71. The lowest BCUT2D eigenvalue weighted by Gasteiger charge is -2.20. The lowest BCUT2D eigenvalue weighted by molar-refractivity contribution is -0.385. The van der Waals surface area contributed by atoms with Crippen LogP contribution in [-0.4, -0.2) is 22.3 Å². The Morgan fingerprint density at radius 3 is 2.79 bits per heavy atom. The molecular formula is C18H15N3O3. The van der Waals surface area contributed by atoms with Crippen LogP contribution in [0.4, 0.5) is 5.69 Å². The van der Waals surface area contributed by atoms with E-state index in [1.807, 2.05) is 31.2 Å². The van der Waals surface area contributed by atoms with Crippen molar-refractivity contribution in [2.24, 2.45) is 15.9 Å². The molecule has 1 amide bonds. The highest BCUT2D eigenvalue weighted by Crippen LogP contribution is 2.22. The van der Waals surface area contributed by atoms with E-state index in [0.717, 1.165) is 11.4 Å². The molecule has 0 radical (unpaired) electrons. The number of allylic oxidation sites excluding steroid dienone is 6. The van der Waals surface area contributed by atoms with Crippen LogP contribution in [0.15, 0.2) is 64.3 Å². The molecule has 24 heavy (non-hydrogen) atoms. The van der Waals surface area contributed by atoms with Crippen LogP contribution in [-0.2, 0) is 0 Å².